The van der Waals surface area contributed by atoms with Crippen LogP contribution in [-0.2, 0) is 19.1 Å². The maximum Gasteiger partial charge on any atom is 0.320 e. The fourth-order valence-corrected chi connectivity index (χ4v) is 2.28. The molecule has 0 radical (unpaired) electrons. The first kappa shape index (κ1) is 15.9. The molecule has 0 bridgehead atoms. The van der Waals surface area contributed by atoms with Crippen LogP contribution < -0.4 is 0 Å². The average Bonchev–Trinajstić information content (AvgIpc) is 2.60. The predicted molar refractivity (Wildman–Crippen MR) is 68.8 cm³/mol. The van der Waals surface area contributed by atoms with E-state index in [-0.39, 0.29) is 19.1 Å². The second-order valence-corrected chi connectivity index (χ2v) is 6.07. The van der Waals surface area contributed by atoms with Crippen molar-refractivity contribution in [2.24, 2.45) is 5.41 Å². The van der Waals surface area contributed by atoms with Crippen LogP contribution in [0.4, 0.5) is 0 Å². The van der Waals surface area contributed by atoms with Gasteiger partial charge in [0.15, 0.2) is 0 Å². The zero-order chi connectivity index (χ0) is 14.7. The summed E-state index contributed by atoms with van der Waals surface area (Å²) in [5, 5.41) is 9.31. The van der Waals surface area contributed by atoms with E-state index in [4.69, 9.17) is 9.47 Å². The number of carbonyl (C=O) groups excluding carboxylic acids is 1. The molecule has 1 heterocycles. The van der Waals surface area contributed by atoms with Crippen LogP contribution in [-0.4, -0.2) is 60.9 Å². The number of carboxylic acids is 1. The third-order valence-electron chi connectivity index (χ3n) is 3.08. The van der Waals surface area contributed by atoms with Crippen molar-refractivity contribution in [2.75, 3.05) is 33.4 Å². The van der Waals surface area contributed by atoms with E-state index in [0.717, 1.165) is 0 Å². The second-order valence-electron chi connectivity index (χ2n) is 6.07. The lowest BCUT2D eigenvalue weighted by Crippen LogP contribution is -2.40. The quantitative estimate of drug-likeness (QED) is 0.745. The van der Waals surface area contributed by atoms with Crippen molar-refractivity contribution in [3.8, 4) is 0 Å². The van der Waals surface area contributed by atoms with Crippen molar-refractivity contribution in [1.82, 2.24) is 4.90 Å². The maximum absolute atomic E-state index is 11.7. The first-order valence-corrected chi connectivity index (χ1v) is 6.35. The van der Waals surface area contributed by atoms with Gasteiger partial charge in [-0.05, 0) is 27.2 Å². The van der Waals surface area contributed by atoms with E-state index in [1.54, 1.807) is 25.7 Å². The summed E-state index contributed by atoms with van der Waals surface area (Å²) in [6, 6.07) is 0. The Balaban J connectivity index is 2.56. The number of esters is 1. The SMILES string of the molecule is COCC1(C(=O)O)CCN(CC(=O)OC(C)(C)C)C1. The summed E-state index contributed by atoms with van der Waals surface area (Å²) in [7, 11) is 1.49. The van der Waals surface area contributed by atoms with Crippen molar-refractivity contribution in [2.45, 2.75) is 32.8 Å². The Hall–Kier alpha value is -1.14. The summed E-state index contributed by atoms with van der Waals surface area (Å²) in [4.78, 5) is 24.9. The number of carboxylic acid groups (broad SMARTS) is 1. The summed E-state index contributed by atoms with van der Waals surface area (Å²) in [5.41, 5.74) is -1.43. The zero-order valence-electron chi connectivity index (χ0n) is 12.1. The van der Waals surface area contributed by atoms with Gasteiger partial charge in [-0.1, -0.05) is 0 Å². The number of likely N-dealkylation sites (tertiary alicyclic amines) is 1. The first-order chi connectivity index (χ1) is 8.68. The number of carbonyl (C=O) groups is 2. The molecule has 110 valence electrons. The first-order valence-electron chi connectivity index (χ1n) is 6.35. The molecule has 0 aliphatic carbocycles. The van der Waals surface area contributed by atoms with Crippen LogP contribution in [0, 0.1) is 5.41 Å². The lowest BCUT2D eigenvalue weighted by molar-refractivity contribution is -0.157. The Morgan fingerprint density at radius 1 is 1.37 bits per heavy atom. The molecule has 1 saturated heterocycles. The normalized spacial score (nSPS) is 24.4. The van der Waals surface area contributed by atoms with Crippen LogP contribution in [0.1, 0.15) is 27.2 Å². The molecule has 1 aliphatic heterocycles. The molecule has 1 rings (SSSR count). The molecule has 0 saturated carbocycles. The van der Waals surface area contributed by atoms with Gasteiger partial charge in [-0.15, -0.1) is 0 Å². The maximum atomic E-state index is 11.7. The molecular formula is C13H23NO5. The van der Waals surface area contributed by atoms with Crippen LogP contribution in [0.2, 0.25) is 0 Å². The van der Waals surface area contributed by atoms with Gasteiger partial charge in [0.2, 0.25) is 0 Å². The molecule has 0 amide bonds. The van der Waals surface area contributed by atoms with E-state index in [2.05, 4.69) is 0 Å². The molecule has 6 heteroatoms. The molecular weight excluding hydrogens is 250 g/mol. The molecule has 1 unspecified atom stereocenters. The monoisotopic (exact) mass is 273 g/mol. The number of ether oxygens (including phenoxy) is 2. The van der Waals surface area contributed by atoms with Crippen molar-refractivity contribution in [1.29, 1.82) is 0 Å². The van der Waals surface area contributed by atoms with Crippen molar-refractivity contribution < 1.29 is 24.2 Å². The number of rotatable bonds is 5. The molecule has 0 spiro atoms. The van der Waals surface area contributed by atoms with Crippen LogP contribution in [0.25, 0.3) is 0 Å². The molecule has 0 aromatic carbocycles. The van der Waals surface area contributed by atoms with Gasteiger partial charge in [0.05, 0.1) is 13.2 Å². The van der Waals surface area contributed by atoms with Gasteiger partial charge in [-0.3, -0.25) is 14.5 Å². The van der Waals surface area contributed by atoms with Crippen LogP contribution in [0.3, 0.4) is 0 Å². The molecule has 1 aliphatic rings. The third-order valence-corrected chi connectivity index (χ3v) is 3.08. The Kier molecular flexibility index (Phi) is 4.92. The highest BCUT2D eigenvalue weighted by Crippen LogP contribution is 2.31. The second kappa shape index (κ2) is 5.88. The topological polar surface area (TPSA) is 76.1 Å². The highest BCUT2D eigenvalue weighted by molar-refractivity contribution is 5.76. The minimum Gasteiger partial charge on any atom is -0.481 e. The number of aliphatic carboxylic acids is 1. The van der Waals surface area contributed by atoms with E-state index in [9.17, 15) is 14.7 Å². The van der Waals surface area contributed by atoms with Gasteiger partial charge in [0, 0.05) is 20.2 Å². The van der Waals surface area contributed by atoms with Crippen molar-refractivity contribution in [3.63, 3.8) is 0 Å². The highest BCUT2D eigenvalue weighted by atomic mass is 16.6. The number of hydrogen-bond acceptors (Lipinski definition) is 5. The van der Waals surface area contributed by atoms with Crippen LogP contribution >= 0.6 is 0 Å². The molecule has 1 N–H and O–H groups in total. The number of hydrogen-bond donors (Lipinski definition) is 1. The van der Waals surface area contributed by atoms with Gasteiger partial charge >= 0.3 is 11.9 Å². The summed E-state index contributed by atoms with van der Waals surface area (Å²) in [6.07, 6.45) is 0.485. The van der Waals surface area contributed by atoms with Gasteiger partial charge < -0.3 is 14.6 Å². The third kappa shape index (κ3) is 4.47. The Morgan fingerprint density at radius 2 is 2.00 bits per heavy atom. The van der Waals surface area contributed by atoms with E-state index in [1.807, 2.05) is 0 Å². The van der Waals surface area contributed by atoms with E-state index in [1.165, 1.54) is 7.11 Å². The number of nitrogens with zero attached hydrogens (tertiary/aromatic N) is 1. The molecule has 0 aromatic rings. The van der Waals surface area contributed by atoms with Gasteiger partial charge in [-0.2, -0.15) is 0 Å². The fraction of sp³-hybridized carbons (Fsp3) is 0.846. The Bertz CT molecular complexity index is 349. The molecule has 0 aromatic heterocycles. The van der Waals surface area contributed by atoms with Crippen molar-refractivity contribution in [3.05, 3.63) is 0 Å². The summed E-state index contributed by atoms with van der Waals surface area (Å²) in [6.45, 7) is 6.58. The standard InChI is InChI=1S/C13H23NO5/c1-12(2,3)19-10(15)7-14-6-5-13(8-14,9-18-4)11(16)17/h5-9H2,1-4H3,(H,16,17). The lowest BCUT2D eigenvalue weighted by atomic mass is 9.88. The molecule has 1 atom stereocenters. The minimum atomic E-state index is -0.906. The largest absolute Gasteiger partial charge is 0.481 e. The summed E-state index contributed by atoms with van der Waals surface area (Å²) in [5.74, 6) is -1.20. The molecule has 1 fully saturated rings. The Labute approximate surface area is 113 Å². The average molecular weight is 273 g/mol. The van der Waals surface area contributed by atoms with Gasteiger partial charge in [0.1, 0.15) is 11.0 Å². The lowest BCUT2D eigenvalue weighted by Gasteiger charge is -2.25. The van der Waals surface area contributed by atoms with E-state index >= 15 is 0 Å². The highest BCUT2D eigenvalue weighted by Gasteiger charge is 2.45. The zero-order valence-corrected chi connectivity index (χ0v) is 12.1. The van der Waals surface area contributed by atoms with Crippen molar-refractivity contribution >= 4 is 11.9 Å². The number of methoxy groups -OCH3 is 1. The summed E-state index contributed by atoms with van der Waals surface area (Å²) >= 11 is 0. The minimum absolute atomic E-state index is 0.121. The molecule has 19 heavy (non-hydrogen) atoms. The predicted octanol–water partition coefficient (Wildman–Crippen LogP) is 0.751. The molecule has 6 nitrogen and oxygen atoms in total. The smallest absolute Gasteiger partial charge is 0.320 e. The Morgan fingerprint density at radius 3 is 2.47 bits per heavy atom. The summed E-state index contributed by atoms with van der Waals surface area (Å²) < 4.78 is 10.2. The van der Waals surface area contributed by atoms with E-state index in [0.29, 0.717) is 19.5 Å². The van der Waals surface area contributed by atoms with Gasteiger partial charge in [-0.25, -0.2) is 0 Å². The van der Waals surface area contributed by atoms with E-state index < -0.39 is 17.0 Å². The van der Waals surface area contributed by atoms with Crippen LogP contribution in [0.5, 0.6) is 0 Å². The van der Waals surface area contributed by atoms with Crippen LogP contribution in [0.15, 0.2) is 0 Å². The fourth-order valence-electron chi connectivity index (χ4n) is 2.28. The van der Waals surface area contributed by atoms with Gasteiger partial charge in [0.25, 0.3) is 0 Å².